The van der Waals surface area contributed by atoms with Gasteiger partial charge in [0.1, 0.15) is 12.4 Å². The van der Waals surface area contributed by atoms with E-state index in [1.54, 1.807) is 24.4 Å². The smallest absolute Gasteiger partial charge is 0.120 e. The van der Waals surface area contributed by atoms with E-state index in [1.807, 2.05) is 54.6 Å². The first-order valence-corrected chi connectivity index (χ1v) is 8.03. The molecule has 0 N–H and O–H groups in total. The van der Waals surface area contributed by atoms with Crippen molar-refractivity contribution in [1.82, 2.24) is 4.98 Å². The fourth-order valence-corrected chi connectivity index (χ4v) is 2.41. The Morgan fingerprint density at radius 3 is 2.65 bits per heavy atom. The monoisotopic (exact) mass is 337 g/mol. The average Bonchev–Trinajstić information content (AvgIpc) is 2.71. The lowest BCUT2D eigenvalue weighted by Gasteiger charge is -2.08. The molecule has 0 aliphatic rings. The van der Waals surface area contributed by atoms with Crippen molar-refractivity contribution >= 4 is 12.2 Å². The highest BCUT2D eigenvalue weighted by molar-refractivity contribution is 5.69. The molecular weight excluding hydrogens is 322 g/mol. The molecule has 26 heavy (non-hydrogen) atoms. The zero-order valence-electron chi connectivity index (χ0n) is 14.0. The second kappa shape index (κ2) is 8.28. The fraction of sp³-hybridized carbons (Fsp3) is 0.0455. The van der Waals surface area contributed by atoms with E-state index in [-0.39, 0.29) is 0 Å². The second-order valence-electron chi connectivity index (χ2n) is 5.54. The lowest BCUT2D eigenvalue weighted by molar-refractivity contribution is 0.306. The van der Waals surface area contributed by atoms with Gasteiger partial charge in [0.15, 0.2) is 0 Å². The molecule has 0 radical (unpaired) electrons. The molecule has 4 heteroatoms. The Morgan fingerprint density at radius 2 is 1.81 bits per heavy atom. The van der Waals surface area contributed by atoms with Crippen LogP contribution in [0.25, 0.3) is 12.2 Å². The average molecular weight is 337 g/mol. The Balaban J connectivity index is 1.71. The number of benzene rings is 2. The number of ether oxygens (including phenoxy) is 1. The number of hydrogen-bond donors (Lipinski definition) is 0. The maximum absolute atomic E-state index is 9.13. The summed E-state index contributed by atoms with van der Waals surface area (Å²) < 4.78 is 5.82. The molecule has 0 aliphatic heterocycles. The molecule has 4 nitrogen and oxygen atoms in total. The maximum Gasteiger partial charge on any atom is 0.120 e. The van der Waals surface area contributed by atoms with Crippen LogP contribution in [-0.4, -0.2) is 4.98 Å². The van der Waals surface area contributed by atoms with E-state index in [2.05, 4.69) is 17.1 Å². The second-order valence-corrected chi connectivity index (χ2v) is 5.54. The van der Waals surface area contributed by atoms with Crippen LogP contribution < -0.4 is 4.74 Å². The van der Waals surface area contributed by atoms with Crippen molar-refractivity contribution < 1.29 is 4.74 Å². The van der Waals surface area contributed by atoms with Crippen molar-refractivity contribution in [2.75, 3.05) is 0 Å². The van der Waals surface area contributed by atoms with E-state index >= 15 is 0 Å². The summed E-state index contributed by atoms with van der Waals surface area (Å²) in [6, 6.07) is 22.7. The summed E-state index contributed by atoms with van der Waals surface area (Å²) in [7, 11) is 0. The molecule has 0 amide bonds. The van der Waals surface area contributed by atoms with E-state index in [1.165, 1.54) is 0 Å². The van der Waals surface area contributed by atoms with Crippen molar-refractivity contribution in [2.45, 2.75) is 6.61 Å². The molecule has 3 rings (SSSR count). The highest BCUT2D eigenvalue weighted by atomic mass is 16.5. The van der Waals surface area contributed by atoms with Crippen LogP contribution in [0, 0.1) is 22.7 Å². The maximum atomic E-state index is 9.13. The summed E-state index contributed by atoms with van der Waals surface area (Å²) in [5, 5.41) is 18.1. The van der Waals surface area contributed by atoms with Gasteiger partial charge in [0, 0.05) is 11.8 Å². The SMILES string of the molecule is N#Cc1ccnc(C=Cc2cccc(OCc3ccccc3C#N)c2)c1. The van der Waals surface area contributed by atoms with Crippen molar-refractivity contribution in [3.05, 3.63) is 94.8 Å². The van der Waals surface area contributed by atoms with Gasteiger partial charge >= 0.3 is 0 Å². The molecule has 0 bridgehead atoms. The van der Waals surface area contributed by atoms with Crippen molar-refractivity contribution in [2.24, 2.45) is 0 Å². The van der Waals surface area contributed by atoms with Crippen LogP contribution >= 0.6 is 0 Å². The third-order valence-corrected chi connectivity index (χ3v) is 3.75. The highest BCUT2D eigenvalue weighted by Crippen LogP contribution is 2.18. The van der Waals surface area contributed by atoms with Crippen LogP contribution in [0.15, 0.2) is 66.9 Å². The number of nitriles is 2. The molecule has 1 heterocycles. The standard InChI is InChI=1S/C22H15N3O/c23-14-18-10-11-25-21(12-18)9-8-17-4-3-7-22(13-17)26-16-20-6-2-1-5-19(20)15-24/h1-13H,16H2. The van der Waals surface area contributed by atoms with Crippen LogP contribution in [0.4, 0.5) is 0 Å². The third kappa shape index (κ3) is 4.35. The zero-order chi connectivity index (χ0) is 18.2. The van der Waals surface area contributed by atoms with E-state index in [0.717, 1.165) is 22.6 Å². The van der Waals surface area contributed by atoms with Gasteiger partial charge in [-0.3, -0.25) is 4.98 Å². The van der Waals surface area contributed by atoms with E-state index < -0.39 is 0 Å². The Kier molecular flexibility index (Phi) is 5.40. The number of hydrogen-bond acceptors (Lipinski definition) is 4. The highest BCUT2D eigenvalue weighted by Gasteiger charge is 2.02. The van der Waals surface area contributed by atoms with Crippen molar-refractivity contribution in [1.29, 1.82) is 10.5 Å². The van der Waals surface area contributed by atoms with Crippen LogP contribution in [0.1, 0.15) is 27.9 Å². The van der Waals surface area contributed by atoms with Gasteiger partial charge in [-0.25, -0.2) is 0 Å². The van der Waals surface area contributed by atoms with Gasteiger partial charge in [0.2, 0.25) is 0 Å². The molecule has 2 aromatic carbocycles. The number of aromatic nitrogens is 1. The lowest BCUT2D eigenvalue weighted by Crippen LogP contribution is -1.98. The minimum absolute atomic E-state index is 0.336. The predicted octanol–water partition coefficient (Wildman–Crippen LogP) is 4.57. The molecule has 1 aromatic heterocycles. The molecule has 124 valence electrons. The summed E-state index contributed by atoms with van der Waals surface area (Å²) in [4.78, 5) is 4.22. The van der Waals surface area contributed by atoms with E-state index in [0.29, 0.717) is 17.7 Å². The predicted molar refractivity (Wildman–Crippen MR) is 99.8 cm³/mol. The summed E-state index contributed by atoms with van der Waals surface area (Å²) in [5.74, 6) is 0.721. The molecule has 0 atom stereocenters. The summed E-state index contributed by atoms with van der Waals surface area (Å²) >= 11 is 0. The molecule has 0 saturated heterocycles. The van der Waals surface area contributed by atoms with Crippen molar-refractivity contribution in [3.8, 4) is 17.9 Å². The van der Waals surface area contributed by atoms with Crippen LogP contribution in [-0.2, 0) is 6.61 Å². The van der Waals surface area contributed by atoms with Gasteiger partial charge in [0.05, 0.1) is 29.0 Å². The lowest BCUT2D eigenvalue weighted by atomic mass is 10.1. The molecule has 0 fully saturated rings. The molecule has 0 spiro atoms. The van der Waals surface area contributed by atoms with Gasteiger partial charge in [0.25, 0.3) is 0 Å². The van der Waals surface area contributed by atoms with Crippen LogP contribution in [0.3, 0.4) is 0 Å². The first kappa shape index (κ1) is 17.0. The molecule has 0 saturated carbocycles. The molecule has 0 unspecified atom stereocenters. The topological polar surface area (TPSA) is 69.7 Å². The Labute approximate surface area is 152 Å². The quantitative estimate of drug-likeness (QED) is 0.683. The Morgan fingerprint density at radius 1 is 0.923 bits per heavy atom. The zero-order valence-corrected chi connectivity index (χ0v) is 14.0. The molecule has 3 aromatic rings. The summed E-state index contributed by atoms with van der Waals surface area (Å²) in [6.45, 7) is 0.336. The summed E-state index contributed by atoms with van der Waals surface area (Å²) in [6.07, 6.45) is 5.38. The third-order valence-electron chi connectivity index (χ3n) is 3.75. The van der Waals surface area contributed by atoms with E-state index in [9.17, 15) is 0 Å². The number of pyridine rings is 1. The van der Waals surface area contributed by atoms with E-state index in [4.69, 9.17) is 15.3 Å². The number of nitrogens with zero attached hydrogens (tertiary/aromatic N) is 3. The van der Waals surface area contributed by atoms with Gasteiger partial charge < -0.3 is 4.74 Å². The largest absolute Gasteiger partial charge is 0.489 e. The molecule has 0 aliphatic carbocycles. The van der Waals surface area contributed by atoms with Crippen molar-refractivity contribution in [3.63, 3.8) is 0 Å². The summed E-state index contributed by atoms with van der Waals surface area (Å²) in [5.41, 5.74) is 3.73. The normalized spacial score (nSPS) is 10.2. The Bertz CT molecular complexity index is 1030. The minimum atomic E-state index is 0.336. The first-order chi connectivity index (χ1) is 12.8. The van der Waals surface area contributed by atoms with Crippen LogP contribution in [0.2, 0.25) is 0 Å². The molecular formula is C22H15N3O. The number of rotatable bonds is 5. The Hall–Kier alpha value is -3.89. The first-order valence-electron chi connectivity index (χ1n) is 8.03. The van der Waals surface area contributed by atoms with Crippen LogP contribution in [0.5, 0.6) is 5.75 Å². The van der Waals surface area contributed by atoms with Gasteiger partial charge in [-0.1, -0.05) is 36.4 Å². The van der Waals surface area contributed by atoms with Gasteiger partial charge in [-0.2, -0.15) is 10.5 Å². The van der Waals surface area contributed by atoms with Gasteiger partial charge in [-0.15, -0.1) is 0 Å². The van der Waals surface area contributed by atoms with Gasteiger partial charge in [-0.05, 0) is 42.0 Å². The minimum Gasteiger partial charge on any atom is -0.489 e. The fourth-order valence-electron chi connectivity index (χ4n) is 2.41.